The van der Waals surface area contributed by atoms with Crippen molar-refractivity contribution in [1.82, 2.24) is 10.2 Å². The molecule has 6 heteroatoms. The van der Waals surface area contributed by atoms with Gasteiger partial charge in [-0.05, 0) is 36.1 Å². The van der Waals surface area contributed by atoms with Crippen molar-refractivity contribution < 1.29 is 8.78 Å². The van der Waals surface area contributed by atoms with Gasteiger partial charge in [0.25, 0.3) is 0 Å². The van der Waals surface area contributed by atoms with E-state index in [4.69, 9.17) is 5.73 Å². The van der Waals surface area contributed by atoms with E-state index in [0.29, 0.717) is 16.8 Å². The van der Waals surface area contributed by atoms with Gasteiger partial charge in [-0.25, -0.2) is 8.78 Å². The SMILES string of the molecule is CSc1ccc(-c2[nH]nc(N)c2-c2ccc(F)c(F)c2)cc1. The molecule has 0 unspecified atom stereocenters. The summed E-state index contributed by atoms with van der Waals surface area (Å²) in [6.07, 6.45) is 2.00. The van der Waals surface area contributed by atoms with Crippen molar-refractivity contribution in [2.24, 2.45) is 0 Å². The summed E-state index contributed by atoms with van der Waals surface area (Å²) in [4.78, 5) is 1.13. The van der Waals surface area contributed by atoms with E-state index in [9.17, 15) is 8.78 Å². The molecule has 0 aliphatic rings. The molecule has 0 aliphatic heterocycles. The fraction of sp³-hybridized carbons (Fsp3) is 0.0625. The molecule has 0 atom stereocenters. The summed E-state index contributed by atoms with van der Waals surface area (Å²) in [5.74, 6) is -1.56. The minimum Gasteiger partial charge on any atom is -0.382 e. The van der Waals surface area contributed by atoms with Crippen molar-refractivity contribution in [3.05, 3.63) is 54.1 Å². The van der Waals surface area contributed by atoms with E-state index in [0.717, 1.165) is 22.6 Å². The van der Waals surface area contributed by atoms with Crippen LogP contribution in [0.5, 0.6) is 0 Å². The number of benzene rings is 2. The summed E-state index contributed by atoms with van der Waals surface area (Å²) >= 11 is 1.64. The highest BCUT2D eigenvalue weighted by molar-refractivity contribution is 7.98. The summed E-state index contributed by atoms with van der Waals surface area (Å²) in [7, 11) is 0. The Morgan fingerprint density at radius 1 is 1.00 bits per heavy atom. The second kappa shape index (κ2) is 5.81. The number of thioether (sulfide) groups is 1. The van der Waals surface area contributed by atoms with Gasteiger partial charge in [0.2, 0.25) is 0 Å². The normalized spacial score (nSPS) is 10.9. The molecular weight excluding hydrogens is 304 g/mol. The Morgan fingerprint density at radius 3 is 2.32 bits per heavy atom. The lowest BCUT2D eigenvalue weighted by molar-refractivity contribution is 0.509. The first-order chi connectivity index (χ1) is 10.6. The predicted octanol–water partition coefficient (Wildman–Crippen LogP) is 4.33. The number of halogens is 2. The van der Waals surface area contributed by atoms with Crippen LogP contribution in [-0.4, -0.2) is 16.5 Å². The third-order valence-corrected chi connectivity index (χ3v) is 4.12. The Bertz CT molecular complexity index is 813. The quantitative estimate of drug-likeness (QED) is 0.707. The standard InChI is InChI=1S/C16H13F2N3S/c1-22-11-5-2-9(3-6-11)15-14(16(19)21-20-15)10-4-7-12(17)13(18)8-10/h2-8H,1H3,(H3,19,20,21). The highest BCUT2D eigenvalue weighted by atomic mass is 32.2. The summed E-state index contributed by atoms with van der Waals surface area (Å²) in [5, 5.41) is 6.86. The van der Waals surface area contributed by atoms with Gasteiger partial charge in [-0.2, -0.15) is 5.10 Å². The van der Waals surface area contributed by atoms with Crippen LogP contribution in [0, 0.1) is 11.6 Å². The first-order valence-electron chi connectivity index (χ1n) is 6.54. The predicted molar refractivity (Wildman–Crippen MR) is 85.6 cm³/mol. The lowest BCUT2D eigenvalue weighted by atomic mass is 10.0. The number of rotatable bonds is 3. The minimum atomic E-state index is -0.915. The number of anilines is 1. The Hall–Kier alpha value is -2.34. The molecule has 0 saturated heterocycles. The number of aromatic nitrogens is 2. The summed E-state index contributed by atoms with van der Waals surface area (Å²) in [5.41, 5.74) is 8.49. The molecule has 0 fully saturated rings. The Labute approximate surface area is 130 Å². The van der Waals surface area contributed by atoms with Gasteiger partial charge in [-0.15, -0.1) is 11.8 Å². The van der Waals surface area contributed by atoms with E-state index in [-0.39, 0.29) is 5.82 Å². The van der Waals surface area contributed by atoms with Crippen LogP contribution >= 0.6 is 11.8 Å². The van der Waals surface area contributed by atoms with Crippen LogP contribution in [0.1, 0.15) is 0 Å². The third kappa shape index (κ3) is 2.57. The molecule has 0 bridgehead atoms. The van der Waals surface area contributed by atoms with E-state index in [1.54, 1.807) is 11.8 Å². The van der Waals surface area contributed by atoms with Gasteiger partial charge in [0.15, 0.2) is 17.5 Å². The maximum Gasteiger partial charge on any atom is 0.159 e. The van der Waals surface area contributed by atoms with E-state index >= 15 is 0 Å². The largest absolute Gasteiger partial charge is 0.382 e. The zero-order valence-electron chi connectivity index (χ0n) is 11.7. The van der Waals surface area contributed by atoms with Crippen molar-refractivity contribution >= 4 is 17.6 Å². The number of aromatic amines is 1. The molecule has 3 aromatic rings. The molecule has 3 N–H and O–H groups in total. The van der Waals surface area contributed by atoms with Gasteiger partial charge in [0.1, 0.15) is 0 Å². The second-order valence-electron chi connectivity index (χ2n) is 4.72. The monoisotopic (exact) mass is 317 g/mol. The Morgan fingerprint density at radius 2 is 1.68 bits per heavy atom. The van der Waals surface area contributed by atoms with Crippen LogP contribution < -0.4 is 5.73 Å². The van der Waals surface area contributed by atoms with E-state index < -0.39 is 11.6 Å². The number of nitrogens with two attached hydrogens (primary N) is 1. The summed E-state index contributed by atoms with van der Waals surface area (Å²) < 4.78 is 26.6. The zero-order chi connectivity index (χ0) is 15.7. The Kier molecular flexibility index (Phi) is 3.85. The number of nitrogen functional groups attached to an aromatic ring is 1. The van der Waals surface area contributed by atoms with Gasteiger partial charge in [0, 0.05) is 10.5 Å². The zero-order valence-corrected chi connectivity index (χ0v) is 12.5. The van der Waals surface area contributed by atoms with Crippen molar-refractivity contribution in [3.63, 3.8) is 0 Å². The third-order valence-electron chi connectivity index (χ3n) is 3.38. The number of hydrogen-bond donors (Lipinski definition) is 2. The second-order valence-corrected chi connectivity index (χ2v) is 5.60. The van der Waals surface area contributed by atoms with Gasteiger partial charge in [-0.3, -0.25) is 5.10 Å². The van der Waals surface area contributed by atoms with Crippen LogP contribution in [0.4, 0.5) is 14.6 Å². The highest BCUT2D eigenvalue weighted by Crippen LogP contribution is 2.35. The number of hydrogen-bond acceptors (Lipinski definition) is 3. The van der Waals surface area contributed by atoms with Crippen LogP contribution in [0.2, 0.25) is 0 Å². The van der Waals surface area contributed by atoms with Crippen LogP contribution in [0.15, 0.2) is 47.4 Å². The number of H-pyrrole nitrogens is 1. The topological polar surface area (TPSA) is 54.7 Å². The molecule has 0 radical (unpaired) electrons. The fourth-order valence-electron chi connectivity index (χ4n) is 2.27. The van der Waals surface area contributed by atoms with Crippen LogP contribution in [-0.2, 0) is 0 Å². The molecule has 0 aliphatic carbocycles. The molecule has 0 saturated carbocycles. The van der Waals surface area contributed by atoms with E-state index in [1.165, 1.54) is 6.07 Å². The molecule has 112 valence electrons. The summed E-state index contributed by atoms with van der Waals surface area (Å²) in [6.45, 7) is 0. The lowest BCUT2D eigenvalue weighted by Gasteiger charge is -2.06. The molecule has 0 amide bonds. The summed E-state index contributed by atoms with van der Waals surface area (Å²) in [6, 6.07) is 11.5. The maximum absolute atomic E-state index is 13.5. The van der Waals surface area contributed by atoms with E-state index in [1.807, 2.05) is 30.5 Å². The Balaban J connectivity index is 2.12. The average Bonchev–Trinajstić information content (AvgIpc) is 2.92. The van der Waals surface area contributed by atoms with Crippen molar-refractivity contribution in [1.29, 1.82) is 0 Å². The first-order valence-corrected chi connectivity index (χ1v) is 7.76. The van der Waals surface area contributed by atoms with Crippen molar-refractivity contribution in [2.45, 2.75) is 4.90 Å². The van der Waals surface area contributed by atoms with Crippen LogP contribution in [0.3, 0.4) is 0 Å². The highest BCUT2D eigenvalue weighted by Gasteiger charge is 2.16. The molecular formula is C16H13F2N3S. The average molecular weight is 317 g/mol. The number of nitrogens with one attached hydrogen (secondary N) is 1. The minimum absolute atomic E-state index is 0.245. The molecule has 2 aromatic carbocycles. The molecule has 1 aromatic heterocycles. The molecule has 0 spiro atoms. The van der Waals surface area contributed by atoms with Crippen LogP contribution in [0.25, 0.3) is 22.4 Å². The lowest BCUT2D eigenvalue weighted by Crippen LogP contribution is -1.91. The molecule has 3 rings (SSSR count). The fourth-order valence-corrected chi connectivity index (χ4v) is 2.67. The van der Waals surface area contributed by atoms with Crippen molar-refractivity contribution in [3.8, 4) is 22.4 Å². The van der Waals surface area contributed by atoms with Crippen molar-refractivity contribution in [2.75, 3.05) is 12.0 Å². The number of nitrogens with zero attached hydrogens (tertiary/aromatic N) is 1. The maximum atomic E-state index is 13.5. The molecule has 1 heterocycles. The first kappa shape index (κ1) is 14.6. The molecule has 22 heavy (non-hydrogen) atoms. The van der Waals surface area contributed by atoms with Gasteiger partial charge >= 0.3 is 0 Å². The molecule has 3 nitrogen and oxygen atoms in total. The van der Waals surface area contributed by atoms with E-state index in [2.05, 4.69) is 10.2 Å². The van der Waals surface area contributed by atoms with Gasteiger partial charge in [-0.1, -0.05) is 18.2 Å². The smallest absolute Gasteiger partial charge is 0.159 e. The van der Waals surface area contributed by atoms with Gasteiger partial charge in [0.05, 0.1) is 11.3 Å². The van der Waals surface area contributed by atoms with Gasteiger partial charge < -0.3 is 5.73 Å².